The number of halogens is 1. The van der Waals surface area contributed by atoms with Gasteiger partial charge in [0.25, 0.3) is 0 Å². The molecule has 0 fully saturated rings. The largest absolute Gasteiger partial charge is 0.307 e. The molecular weight excluding hydrogens is 312 g/mol. The first kappa shape index (κ1) is 16.3. The first-order chi connectivity index (χ1) is 8.77. The van der Waals surface area contributed by atoms with Gasteiger partial charge in [-0.15, -0.1) is 0 Å². The van der Waals surface area contributed by atoms with Crippen LogP contribution < -0.4 is 16.0 Å². The molecule has 1 heterocycles. The third-order valence-electron chi connectivity index (χ3n) is 2.39. The number of hydrogen-bond acceptors (Lipinski definition) is 6. The molecule has 0 radical (unpaired) electrons. The highest BCUT2D eigenvalue weighted by atomic mass is 35.5. The zero-order valence-corrected chi connectivity index (χ0v) is 12.8. The molecule has 7 nitrogen and oxygen atoms in total. The summed E-state index contributed by atoms with van der Waals surface area (Å²) < 4.78 is 37.4. The highest BCUT2D eigenvalue weighted by Gasteiger charge is 2.18. The first-order valence-electron chi connectivity index (χ1n) is 5.22. The van der Waals surface area contributed by atoms with Gasteiger partial charge in [0.05, 0.1) is 5.02 Å². The van der Waals surface area contributed by atoms with E-state index in [0.29, 0.717) is 0 Å². The molecule has 0 bridgehead atoms. The highest BCUT2D eigenvalue weighted by molar-refractivity contribution is 7.89. The van der Waals surface area contributed by atoms with Crippen molar-refractivity contribution in [2.24, 2.45) is 5.84 Å². The molecule has 0 spiro atoms. The fourth-order valence-corrected chi connectivity index (χ4v) is 2.91. The van der Waals surface area contributed by atoms with Gasteiger partial charge in [0.2, 0.25) is 10.0 Å². The Labute approximate surface area is 119 Å². The molecule has 1 rings (SSSR count). The van der Waals surface area contributed by atoms with Crippen LogP contribution in [0.25, 0.3) is 0 Å². The molecule has 0 aliphatic rings. The maximum absolute atomic E-state index is 12.0. The van der Waals surface area contributed by atoms with Crippen molar-refractivity contribution in [2.45, 2.75) is 17.1 Å². The summed E-state index contributed by atoms with van der Waals surface area (Å²) in [6.45, 7) is 1.76. The topological polar surface area (TPSA) is 114 Å². The molecule has 0 aromatic carbocycles. The molecule has 0 amide bonds. The van der Waals surface area contributed by atoms with Crippen LogP contribution >= 0.6 is 11.6 Å². The van der Waals surface area contributed by atoms with Gasteiger partial charge in [-0.3, -0.25) is 4.21 Å². The maximum Gasteiger partial charge on any atom is 0.242 e. The van der Waals surface area contributed by atoms with Crippen molar-refractivity contribution in [2.75, 3.05) is 18.2 Å². The second kappa shape index (κ2) is 6.62. The van der Waals surface area contributed by atoms with E-state index in [9.17, 15) is 12.6 Å². The number of nitrogens with two attached hydrogens (primary N) is 1. The zero-order chi connectivity index (χ0) is 14.6. The number of sulfonamides is 1. The van der Waals surface area contributed by atoms with Gasteiger partial charge in [0, 0.05) is 35.0 Å². The van der Waals surface area contributed by atoms with Crippen LogP contribution in [0.2, 0.25) is 5.02 Å². The lowest BCUT2D eigenvalue weighted by Crippen LogP contribution is -2.32. The van der Waals surface area contributed by atoms with E-state index in [4.69, 9.17) is 17.4 Å². The third-order valence-corrected chi connectivity index (χ3v) is 5.37. The summed E-state index contributed by atoms with van der Waals surface area (Å²) in [7, 11) is -4.84. The molecule has 19 heavy (non-hydrogen) atoms. The van der Waals surface area contributed by atoms with E-state index in [-0.39, 0.29) is 27.5 Å². The lowest BCUT2D eigenvalue weighted by atomic mass is 10.5. The van der Waals surface area contributed by atoms with Gasteiger partial charge >= 0.3 is 0 Å². The quantitative estimate of drug-likeness (QED) is 0.503. The van der Waals surface area contributed by atoms with Crippen molar-refractivity contribution in [3.05, 3.63) is 17.3 Å². The number of anilines is 1. The van der Waals surface area contributed by atoms with Gasteiger partial charge in [-0.2, -0.15) is 0 Å². The monoisotopic (exact) mass is 326 g/mol. The first-order valence-corrected chi connectivity index (χ1v) is 8.70. The Morgan fingerprint density at radius 1 is 1.58 bits per heavy atom. The van der Waals surface area contributed by atoms with Crippen LogP contribution in [0.3, 0.4) is 0 Å². The number of nitrogens with one attached hydrogen (secondary N) is 2. The summed E-state index contributed by atoms with van der Waals surface area (Å²) in [4.78, 5) is 3.70. The van der Waals surface area contributed by atoms with Gasteiger partial charge in [-0.1, -0.05) is 11.6 Å². The molecule has 4 N–H and O–H groups in total. The molecule has 2 unspecified atom stereocenters. The molecule has 10 heteroatoms. The molecular formula is C9H15ClN4O3S2. The number of pyridine rings is 1. The average Bonchev–Trinajstić information content (AvgIpc) is 2.35. The molecule has 0 saturated carbocycles. The fraction of sp³-hybridized carbons (Fsp3) is 0.444. The summed E-state index contributed by atoms with van der Waals surface area (Å²) in [6.07, 6.45) is 2.65. The van der Waals surface area contributed by atoms with Crippen LogP contribution in [0.1, 0.15) is 6.92 Å². The zero-order valence-electron chi connectivity index (χ0n) is 10.4. The summed E-state index contributed by atoms with van der Waals surface area (Å²) in [6, 6.07) is 1.24. The minimum Gasteiger partial charge on any atom is -0.307 e. The summed E-state index contributed by atoms with van der Waals surface area (Å²) in [5.74, 6) is 5.33. The second-order valence-corrected chi connectivity index (χ2v) is 7.78. The van der Waals surface area contributed by atoms with Crippen molar-refractivity contribution in [3.8, 4) is 0 Å². The SMILES string of the molecule is CC(CNS(=O)(=O)c1cnc(NN)c(Cl)c1)S(C)=O. The van der Waals surface area contributed by atoms with Crippen LogP contribution in [-0.2, 0) is 20.8 Å². The van der Waals surface area contributed by atoms with Crippen LogP contribution in [0.5, 0.6) is 0 Å². The minimum absolute atomic E-state index is 0.0694. The van der Waals surface area contributed by atoms with Crippen LogP contribution in [-0.4, -0.2) is 35.7 Å². The van der Waals surface area contributed by atoms with E-state index in [2.05, 4.69) is 15.1 Å². The second-order valence-electron chi connectivity index (χ2n) is 3.81. The molecule has 1 aromatic heterocycles. The van der Waals surface area contributed by atoms with Gasteiger partial charge in [0.15, 0.2) is 5.82 Å². The standard InChI is InChI=1S/C9H15ClN4O3S2/c1-6(18(2)15)4-13-19(16,17)7-3-8(10)9(14-11)12-5-7/h3,5-6,13H,4,11H2,1-2H3,(H,12,14). The van der Waals surface area contributed by atoms with E-state index in [1.165, 1.54) is 12.3 Å². The van der Waals surface area contributed by atoms with E-state index >= 15 is 0 Å². The summed E-state index contributed by atoms with van der Waals surface area (Å²) in [5, 5.41) is -0.194. The molecule has 1 aromatic rings. The Morgan fingerprint density at radius 3 is 2.68 bits per heavy atom. The number of nitrogens with zero attached hydrogens (tertiary/aromatic N) is 1. The van der Waals surface area contributed by atoms with Crippen molar-refractivity contribution in [1.29, 1.82) is 0 Å². The lowest BCUT2D eigenvalue weighted by Gasteiger charge is -2.11. The Bertz CT molecular complexity index is 579. The minimum atomic E-state index is -3.74. The van der Waals surface area contributed by atoms with Gasteiger partial charge in [0.1, 0.15) is 4.90 Å². The molecule has 2 atom stereocenters. The predicted octanol–water partition coefficient (Wildman–Crippen LogP) is 0.0659. The molecule has 0 aliphatic heterocycles. The van der Waals surface area contributed by atoms with E-state index < -0.39 is 20.8 Å². The number of rotatable bonds is 6. The smallest absolute Gasteiger partial charge is 0.242 e. The van der Waals surface area contributed by atoms with Crippen molar-refractivity contribution in [3.63, 3.8) is 0 Å². The number of aromatic nitrogens is 1. The van der Waals surface area contributed by atoms with Gasteiger partial charge < -0.3 is 5.43 Å². The van der Waals surface area contributed by atoms with E-state index in [0.717, 1.165) is 6.20 Å². The summed E-state index contributed by atoms with van der Waals surface area (Å²) >= 11 is 5.80. The summed E-state index contributed by atoms with van der Waals surface area (Å²) in [5.41, 5.74) is 2.24. The van der Waals surface area contributed by atoms with Crippen molar-refractivity contribution < 1.29 is 12.6 Å². The van der Waals surface area contributed by atoms with Crippen LogP contribution in [0.4, 0.5) is 5.82 Å². The normalized spacial score (nSPS) is 14.9. The highest BCUT2D eigenvalue weighted by Crippen LogP contribution is 2.21. The fourth-order valence-electron chi connectivity index (χ4n) is 1.10. The van der Waals surface area contributed by atoms with E-state index in [1.807, 2.05) is 0 Å². The number of hydrazine groups is 1. The Hall–Kier alpha value is -0.740. The molecule has 108 valence electrons. The Kier molecular flexibility index (Phi) is 5.68. The maximum atomic E-state index is 12.0. The lowest BCUT2D eigenvalue weighted by molar-refractivity contribution is 0.580. The van der Waals surface area contributed by atoms with Crippen molar-refractivity contribution >= 4 is 38.2 Å². The van der Waals surface area contributed by atoms with Gasteiger partial charge in [-0.05, 0) is 13.0 Å². The van der Waals surface area contributed by atoms with Crippen LogP contribution in [0.15, 0.2) is 17.2 Å². The van der Waals surface area contributed by atoms with Gasteiger partial charge in [-0.25, -0.2) is 24.0 Å². The Morgan fingerprint density at radius 2 is 2.21 bits per heavy atom. The molecule has 0 aliphatic carbocycles. The number of nitrogen functional groups attached to an aromatic ring is 1. The van der Waals surface area contributed by atoms with E-state index in [1.54, 1.807) is 6.92 Å². The predicted molar refractivity (Wildman–Crippen MR) is 75.8 cm³/mol. The number of hydrogen-bond donors (Lipinski definition) is 3. The Balaban J connectivity index is 2.89. The van der Waals surface area contributed by atoms with Crippen molar-refractivity contribution in [1.82, 2.24) is 9.71 Å². The third kappa shape index (κ3) is 4.39. The van der Waals surface area contributed by atoms with Crippen LogP contribution in [0, 0.1) is 0 Å². The molecule has 0 saturated heterocycles. The average molecular weight is 327 g/mol.